The number of rotatable bonds is 8. The lowest BCUT2D eigenvalue weighted by atomic mass is 9.95. The van der Waals surface area contributed by atoms with E-state index in [-0.39, 0.29) is 11.1 Å². The molecular weight excluding hydrogens is 381 g/mol. The van der Waals surface area contributed by atoms with E-state index >= 15 is 0 Å². The molecule has 0 fully saturated rings. The van der Waals surface area contributed by atoms with Gasteiger partial charge in [0.1, 0.15) is 5.82 Å². The minimum Gasteiger partial charge on any atom is -0.206 e. The number of hydrogen-bond acceptors (Lipinski definition) is 0. The summed E-state index contributed by atoms with van der Waals surface area (Å²) in [7, 11) is 0. The summed E-state index contributed by atoms with van der Waals surface area (Å²) in [4.78, 5) is 0. The average Bonchev–Trinajstić information content (AvgIpc) is 2.73. The summed E-state index contributed by atoms with van der Waals surface area (Å²) in [6.07, 6.45) is 5.90. The van der Waals surface area contributed by atoms with Crippen molar-refractivity contribution in [2.45, 2.75) is 52.9 Å². The first-order valence-corrected chi connectivity index (χ1v) is 10.7. The third-order valence-corrected chi connectivity index (χ3v) is 5.76. The van der Waals surface area contributed by atoms with E-state index < -0.39 is 17.5 Å². The van der Waals surface area contributed by atoms with E-state index in [0.717, 1.165) is 24.3 Å². The van der Waals surface area contributed by atoms with Crippen molar-refractivity contribution in [3.63, 3.8) is 0 Å². The normalized spacial score (nSPS) is 12.2. The highest BCUT2D eigenvalue weighted by atomic mass is 19.2. The molecule has 0 aliphatic carbocycles. The molecule has 3 aromatic carbocycles. The molecule has 0 N–H and O–H groups in total. The summed E-state index contributed by atoms with van der Waals surface area (Å²) in [6, 6.07) is 15.5. The Kier molecular flexibility index (Phi) is 7.36. The van der Waals surface area contributed by atoms with Crippen LogP contribution in [0.3, 0.4) is 0 Å². The first kappa shape index (κ1) is 22.1. The van der Waals surface area contributed by atoms with Crippen LogP contribution in [-0.4, -0.2) is 0 Å². The van der Waals surface area contributed by atoms with Gasteiger partial charge in [0.25, 0.3) is 0 Å². The maximum absolute atomic E-state index is 14.8. The highest BCUT2D eigenvalue weighted by Crippen LogP contribution is 2.31. The minimum atomic E-state index is -0.945. The molecule has 0 aliphatic rings. The molecule has 1 unspecified atom stereocenters. The molecule has 0 heterocycles. The zero-order valence-electron chi connectivity index (χ0n) is 17.9. The lowest BCUT2D eigenvalue weighted by Crippen LogP contribution is -1.96. The number of hydrogen-bond donors (Lipinski definition) is 0. The lowest BCUT2D eigenvalue weighted by Gasteiger charge is -2.11. The van der Waals surface area contributed by atoms with E-state index in [1.807, 2.05) is 24.3 Å². The van der Waals surface area contributed by atoms with Gasteiger partial charge < -0.3 is 0 Å². The molecular formula is C27H29F3. The van der Waals surface area contributed by atoms with Gasteiger partial charge in [0.05, 0.1) is 0 Å². The van der Waals surface area contributed by atoms with Crippen LogP contribution in [0.25, 0.3) is 22.3 Å². The predicted octanol–water partition coefficient (Wildman–Crippen LogP) is 8.51. The zero-order chi connectivity index (χ0) is 21.7. The maximum atomic E-state index is 14.8. The van der Waals surface area contributed by atoms with Crippen molar-refractivity contribution in [3.8, 4) is 22.3 Å². The van der Waals surface area contributed by atoms with Gasteiger partial charge in [-0.05, 0) is 54.0 Å². The second-order valence-electron chi connectivity index (χ2n) is 8.24. The highest BCUT2D eigenvalue weighted by molar-refractivity contribution is 5.71. The molecule has 3 heteroatoms. The molecule has 3 rings (SSSR count). The Morgan fingerprint density at radius 3 is 2.10 bits per heavy atom. The summed E-state index contributed by atoms with van der Waals surface area (Å²) in [5, 5.41) is 0. The molecule has 0 bridgehead atoms. The van der Waals surface area contributed by atoms with E-state index in [1.165, 1.54) is 49.9 Å². The number of benzene rings is 3. The molecule has 3 aromatic rings. The molecule has 0 aromatic heterocycles. The summed E-state index contributed by atoms with van der Waals surface area (Å²) in [5.41, 5.74) is 3.10. The van der Waals surface area contributed by atoms with Crippen LogP contribution in [-0.2, 0) is 6.42 Å². The summed E-state index contributed by atoms with van der Waals surface area (Å²) >= 11 is 0. The van der Waals surface area contributed by atoms with Crippen molar-refractivity contribution in [2.24, 2.45) is 5.92 Å². The van der Waals surface area contributed by atoms with Crippen LogP contribution < -0.4 is 0 Å². The molecule has 30 heavy (non-hydrogen) atoms. The lowest BCUT2D eigenvalue weighted by molar-refractivity contribution is 0.469. The van der Waals surface area contributed by atoms with Crippen LogP contribution in [0, 0.1) is 30.3 Å². The molecule has 158 valence electrons. The van der Waals surface area contributed by atoms with Gasteiger partial charge >= 0.3 is 0 Å². The minimum absolute atomic E-state index is 0.0659. The molecule has 0 aliphatic heterocycles. The maximum Gasteiger partial charge on any atom is 0.166 e. The van der Waals surface area contributed by atoms with Crippen molar-refractivity contribution in [3.05, 3.63) is 83.2 Å². The number of aryl methyl sites for hydroxylation is 2. The average molecular weight is 411 g/mol. The SMILES string of the molecule is CCCC(C)CCCc1ccc(-c2ccc(-c3ccc(C)c(F)c3F)cc2F)cc1. The Labute approximate surface area is 177 Å². The summed E-state index contributed by atoms with van der Waals surface area (Å²) in [6.45, 7) is 6.02. The molecule has 0 saturated heterocycles. The van der Waals surface area contributed by atoms with Crippen molar-refractivity contribution in [1.82, 2.24) is 0 Å². The second kappa shape index (κ2) is 9.97. The van der Waals surface area contributed by atoms with Crippen LogP contribution in [0.4, 0.5) is 13.2 Å². The molecule has 0 nitrogen and oxygen atoms in total. The monoisotopic (exact) mass is 410 g/mol. The van der Waals surface area contributed by atoms with Gasteiger partial charge in [-0.15, -0.1) is 0 Å². The fraction of sp³-hybridized carbons (Fsp3) is 0.333. The van der Waals surface area contributed by atoms with Gasteiger partial charge in [0.2, 0.25) is 0 Å². The van der Waals surface area contributed by atoms with E-state index in [4.69, 9.17) is 0 Å². The van der Waals surface area contributed by atoms with Crippen LogP contribution in [0.1, 0.15) is 50.7 Å². The fourth-order valence-corrected chi connectivity index (χ4v) is 3.93. The van der Waals surface area contributed by atoms with Crippen molar-refractivity contribution < 1.29 is 13.2 Å². The third-order valence-electron chi connectivity index (χ3n) is 5.76. The Balaban J connectivity index is 1.73. The summed E-state index contributed by atoms with van der Waals surface area (Å²) in [5.74, 6) is -1.53. The standard InChI is InChI=1S/C27H29F3/c1-4-6-18(2)7-5-8-20-10-12-21(13-11-20)23-16-14-22(17-25(23)28)24-15-9-19(3)26(29)27(24)30/h9-18H,4-8H2,1-3H3. The van der Waals surface area contributed by atoms with Gasteiger partial charge in [-0.3, -0.25) is 0 Å². The molecule has 0 spiro atoms. The Bertz CT molecular complexity index is 990. The van der Waals surface area contributed by atoms with E-state index in [2.05, 4.69) is 13.8 Å². The fourth-order valence-electron chi connectivity index (χ4n) is 3.93. The first-order chi connectivity index (χ1) is 14.4. The van der Waals surface area contributed by atoms with Crippen LogP contribution in [0.15, 0.2) is 54.6 Å². The van der Waals surface area contributed by atoms with E-state index in [9.17, 15) is 13.2 Å². The van der Waals surface area contributed by atoms with Crippen molar-refractivity contribution in [1.29, 1.82) is 0 Å². The van der Waals surface area contributed by atoms with Crippen LogP contribution in [0.5, 0.6) is 0 Å². The molecule has 0 amide bonds. The highest BCUT2D eigenvalue weighted by Gasteiger charge is 2.14. The second-order valence-corrected chi connectivity index (χ2v) is 8.24. The van der Waals surface area contributed by atoms with E-state index in [0.29, 0.717) is 11.1 Å². The smallest absolute Gasteiger partial charge is 0.166 e. The first-order valence-electron chi connectivity index (χ1n) is 10.7. The quantitative estimate of drug-likeness (QED) is 0.349. The molecule has 0 radical (unpaired) electrons. The Hall–Kier alpha value is -2.55. The van der Waals surface area contributed by atoms with Gasteiger partial charge in [-0.25, -0.2) is 13.2 Å². The molecule has 1 atom stereocenters. The third kappa shape index (κ3) is 5.13. The van der Waals surface area contributed by atoms with E-state index in [1.54, 1.807) is 12.1 Å². The summed E-state index contributed by atoms with van der Waals surface area (Å²) < 4.78 is 42.9. The van der Waals surface area contributed by atoms with Gasteiger partial charge in [0.15, 0.2) is 11.6 Å². The Morgan fingerprint density at radius 1 is 0.767 bits per heavy atom. The van der Waals surface area contributed by atoms with Gasteiger partial charge in [-0.2, -0.15) is 0 Å². The largest absolute Gasteiger partial charge is 0.206 e. The Morgan fingerprint density at radius 2 is 1.43 bits per heavy atom. The molecule has 0 saturated carbocycles. The number of halogens is 3. The van der Waals surface area contributed by atoms with Crippen LogP contribution in [0.2, 0.25) is 0 Å². The van der Waals surface area contributed by atoms with Crippen LogP contribution >= 0.6 is 0 Å². The van der Waals surface area contributed by atoms with Gasteiger partial charge in [-0.1, -0.05) is 81.6 Å². The van der Waals surface area contributed by atoms with Gasteiger partial charge in [0, 0.05) is 11.1 Å². The zero-order valence-corrected chi connectivity index (χ0v) is 17.9. The predicted molar refractivity (Wildman–Crippen MR) is 119 cm³/mol. The topological polar surface area (TPSA) is 0 Å². The van der Waals surface area contributed by atoms with Crippen molar-refractivity contribution >= 4 is 0 Å². The van der Waals surface area contributed by atoms with Crippen molar-refractivity contribution in [2.75, 3.05) is 0 Å².